The van der Waals surface area contributed by atoms with Gasteiger partial charge in [0.2, 0.25) is 0 Å². The summed E-state index contributed by atoms with van der Waals surface area (Å²) < 4.78 is 26.6. The van der Waals surface area contributed by atoms with Gasteiger partial charge in [-0.3, -0.25) is 19.2 Å². The van der Waals surface area contributed by atoms with Gasteiger partial charge in [0.15, 0.2) is 0 Å². The zero-order valence-electron chi connectivity index (χ0n) is 12.4. The van der Waals surface area contributed by atoms with E-state index in [0.29, 0.717) is 0 Å². The van der Waals surface area contributed by atoms with Gasteiger partial charge in [-0.15, -0.1) is 0 Å². The summed E-state index contributed by atoms with van der Waals surface area (Å²) in [5.41, 5.74) is -0.0763. The zero-order chi connectivity index (χ0) is 17.7. The molecule has 9 heteroatoms. The van der Waals surface area contributed by atoms with Crippen LogP contribution in [0.4, 0.5) is 11.4 Å². The van der Waals surface area contributed by atoms with E-state index in [1.807, 2.05) is 0 Å². The van der Waals surface area contributed by atoms with Gasteiger partial charge in [-0.05, 0) is 18.2 Å². The van der Waals surface area contributed by atoms with Crippen molar-refractivity contribution in [3.63, 3.8) is 0 Å². The molecule has 0 aliphatic heterocycles. The van der Waals surface area contributed by atoms with Crippen LogP contribution in [-0.2, 0) is 14.8 Å². The number of nitrogens with zero attached hydrogens (tertiary/aromatic N) is 2. The maximum atomic E-state index is 12.8. The van der Waals surface area contributed by atoms with E-state index in [4.69, 9.17) is 5.11 Å². The van der Waals surface area contributed by atoms with E-state index in [0.717, 1.165) is 10.4 Å². The van der Waals surface area contributed by atoms with E-state index >= 15 is 0 Å². The molecule has 24 heavy (non-hydrogen) atoms. The number of benzene rings is 2. The smallest absolute Gasteiger partial charge is 0.305 e. The molecule has 8 nitrogen and oxygen atoms in total. The first kappa shape index (κ1) is 17.4. The fourth-order valence-electron chi connectivity index (χ4n) is 2.06. The molecular weight excluding hydrogens is 336 g/mol. The molecule has 0 aromatic heterocycles. The standard InChI is InChI=1S/C15H14N2O6S/c18-15(19)9-10-16(12-5-2-1-3-6-12)24(22,23)14-8-4-7-13(11-14)17(20)21/h1-8,11H,9-10H2,(H,18,19). The summed E-state index contributed by atoms with van der Waals surface area (Å²) in [5, 5.41) is 19.7. The Bertz CT molecular complexity index is 851. The lowest BCUT2D eigenvalue weighted by molar-refractivity contribution is -0.385. The summed E-state index contributed by atoms with van der Waals surface area (Å²) in [6.07, 6.45) is -0.400. The highest BCUT2D eigenvalue weighted by Gasteiger charge is 2.26. The van der Waals surface area contributed by atoms with Gasteiger partial charge in [-0.2, -0.15) is 0 Å². The topological polar surface area (TPSA) is 118 Å². The largest absolute Gasteiger partial charge is 0.481 e. The number of nitro benzene ring substituents is 1. The van der Waals surface area contributed by atoms with Crippen molar-refractivity contribution in [2.24, 2.45) is 0 Å². The Hall–Kier alpha value is -2.94. The van der Waals surface area contributed by atoms with Gasteiger partial charge in [0.05, 0.1) is 21.9 Å². The number of hydrogen-bond donors (Lipinski definition) is 1. The van der Waals surface area contributed by atoms with Crippen LogP contribution >= 0.6 is 0 Å². The fraction of sp³-hybridized carbons (Fsp3) is 0.133. The lowest BCUT2D eigenvalue weighted by Gasteiger charge is -2.23. The second-order valence-corrected chi connectivity index (χ2v) is 6.67. The number of anilines is 1. The number of carboxylic acid groups (broad SMARTS) is 1. The van der Waals surface area contributed by atoms with Crippen LogP contribution in [0, 0.1) is 10.1 Å². The Morgan fingerprint density at radius 3 is 2.38 bits per heavy atom. The van der Waals surface area contributed by atoms with Crippen molar-refractivity contribution >= 4 is 27.4 Å². The van der Waals surface area contributed by atoms with Gasteiger partial charge < -0.3 is 5.11 Å². The second kappa shape index (κ2) is 7.09. The number of non-ortho nitro benzene ring substituents is 1. The number of sulfonamides is 1. The van der Waals surface area contributed by atoms with E-state index in [9.17, 15) is 23.3 Å². The highest BCUT2D eigenvalue weighted by Crippen LogP contribution is 2.26. The Kier molecular flexibility index (Phi) is 5.14. The molecule has 0 aliphatic carbocycles. The van der Waals surface area contributed by atoms with Crippen molar-refractivity contribution in [2.45, 2.75) is 11.3 Å². The number of rotatable bonds is 7. The average Bonchev–Trinajstić information content (AvgIpc) is 2.55. The highest BCUT2D eigenvalue weighted by molar-refractivity contribution is 7.92. The molecule has 0 aliphatic rings. The van der Waals surface area contributed by atoms with Crippen molar-refractivity contribution in [2.75, 3.05) is 10.8 Å². The highest BCUT2D eigenvalue weighted by atomic mass is 32.2. The molecule has 1 N–H and O–H groups in total. The number of aliphatic carboxylic acids is 1. The summed E-state index contributed by atoms with van der Waals surface area (Å²) in [5.74, 6) is -1.15. The van der Waals surface area contributed by atoms with Gasteiger partial charge in [-0.1, -0.05) is 24.3 Å². The molecule has 0 saturated carbocycles. The predicted octanol–water partition coefficient (Wildman–Crippen LogP) is 2.26. The van der Waals surface area contributed by atoms with Crippen LogP contribution in [0.3, 0.4) is 0 Å². The fourth-order valence-corrected chi connectivity index (χ4v) is 3.57. The van der Waals surface area contributed by atoms with Crippen molar-refractivity contribution in [1.29, 1.82) is 0 Å². The third kappa shape index (κ3) is 3.87. The molecule has 2 aromatic carbocycles. The Morgan fingerprint density at radius 2 is 1.79 bits per heavy atom. The van der Waals surface area contributed by atoms with Crippen LogP contribution in [0.2, 0.25) is 0 Å². The Labute approximate surface area is 138 Å². The lowest BCUT2D eigenvalue weighted by atomic mass is 10.3. The van der Waals surface area contributed by atoms with E-state index in [1.54, 1.807) is 18.2 Å². The summed E-state index contributed by atoms with van der Waals surface area (Å²) in [6.45, 7) is -0.287. The van der Waals surface area contributed by atoms with Crippen LogP contribution in [0.5, 0.6) is 0 Å². The summed E-state index contributed by atoms with van der Waals surface area (Å²) in [7, 11) is -4.14. The van der Waals surface area contributed by atoms with E-state index in [2.05, 4.69) is 0 Å². The van der Waals surface area contributed by atoms with Crippen molar-refractivity contribution < 1.29 is 23.2 Å². The SMILES string of the molecule is O=C(O)CCN(c1ccccc1)S(=O)(=O)c1cccc([N+](=O)[O-])c1. The zero-order valence-corrected chi connectivity index (χ0v) is 13.2. The quantitative estimate of drug-likeness (QED) is 0.604. The molecule has 0 bridgehead atoms. The van der Waals surface area contributed by atoms with E-state index in [1.165, 1.54) is 30.3 Å². The molecule has 0 unspecified atom stereocenters. The monoisotopic (exact) mass is 350 g/mol. The molecule has 0 atom stereocenters. The third-order valence-electron chi connectivity index (χ3n) is 3.19. The molecule has 0 radical (unpaired) electrons. The summed E-state index contributed by atoms with van der Waals surface area (Å²) in [4.78, 5) is 20.7. The minimum Gasteiger partial charge on any atom is -0.481 e. The van der Waals surface area contributed by atoms with Crippen molar-refractivity contribution in [3.8, 4) is 0 Å². The first-order chi connectivity index (χ1) is 11.3. The predicted molar refractivity (Wildman–Crippen MR) is 86.3 cm³/mol. The first-order valence-corrected chi connectivity index (χ1v) is 8.30. The van der Waals surface area contributed by atoms with Gasteiger partial charge in [0, 0.05) is 18.7 Å². The molecule has 0 amide bonds. The van der Waals surface area contributed by atoms with Crippen LogP contribution in [0.1, 0.15) is 6.42 Å². The summed E-state index contributed by atoms with van der Waals surface area (Å²) in [6, 6.07) is 12.6. The normalized spacial score (nSPS) is 11.0. The number of carbonyl (C=O) groups is 1. The Balaban J connectivity index is 2.49. The third-order valence-corrected chi connectivity index (χ3v) is 5.01. The van der Waals surface area contributed by atoms with Gasteiger partial charge in [0.1, 0.15) is 0 Å². The molecule has 0 spiro atoms. The average molecular weight is 350 g/mol. The van der Waals surface area contributed by atoms with E-state index < -0.39 is 27.3 Å². The van der Waals surface area contributed by atoms with Crippen molar-refractivity contribution in [1.82, 2.24) is 0 Å². The molecule has 0 heterocycles. The van der Waals surface area contributed by atoms with Crippen LogP contribution < -0.4 is 4.31 Å². The second-order valence-electron chi connectivity index (χ2n) is 4.81. The molecule has 0 saturated heterocycles. The number of hydrogen-bond acceptors (Lipinski definition) is 5. The number of nitro groups is 1. The molecule has 2 aromatic rings. The molecule has 0 fully saturated rings. The van der Waals surface area contributed by atoms with Crippen LogP contribution in [-0.4, -0.2) is 31.0 Å². The maximum absolute atomic E-state index is 12.8. The van der Waals surface area contributed by atoms with Gasteiger partial charge >= 0.3 is 5.97 Å². The van der Waals surface area contributed by atoms with Crippen molar-refractivity contribution in [3.05, 3.63) is 64.7 Å². The first-order valence-electron chi connectivity index (χ1n) is 6.86. The van der Waals surface area contributed by atoms with Gasteiger partial charge in [-0.25, -0.2) is 8.42 Å². The molecule has 126 valence electrons. The summed E-state index contributed by atoms with van der Waals surface area (Å²) >= 11 is 0. The Morgan fingerprint density at radius 1 is 1.12 bits per heavy atom. The number of carboxylic acids is 1. The maximum Gasteiger partial charge on any atom is 0.305 e. The van der Waals surface area contributed by atoms with Gasteiger partial charge in [0.25, 0.3) is 15.7 Å². The van der Waals surface area contributed by atoms with E-state index in [-0.39, 0.29) is 22.8 Å². The minimum absolute atomic E-state index is 0.272. The molecular formula is C15H14N2O6S. The van der Waals surface area contributed by atoms with Crippen LogP contribution in [0.25, 0.3) is 0 Å². The molecule has 2 rings (SSSR count). The van der Waals surface area contributed by atoms with Crippen LogP contribution in [0.15, 0.2) is 59.5 Å². The lowest BCUT2D eigenvalue weighted by Crippen LogP contribution is -2.33. The number of para-hydroxylation sites is 1. The minimum atomic E-state index is -4.14.